The molecular weight excluding hydrogens is 357 g/mol. The van der Waals surface area contributed by atoms with Crippen LogP contribution in [-0.4, -0.2) is 34.3 Å². The Labute approximate surface area is 155 Å². The number of nitrogens with one attached hydrogen (secondary N) is 2. The minimum Gasteiger partial charge on any atom is -0.326 e. The first-order valence-corrected chi connectivity index (χ1v) is 8.39. The van der Waals surface area contributed by atoms with Crippen molar-refractivity contribution in [1.29, 1.82) is 0 Å². The summed E-state index contributed by atoms with van der Waals surface area (Å²) in [6.07, 6.45) is 2.96. The van der Waals surface area contributed by atoms with Crippen LogP contribution in [0.25, 0.3) is 5.69 Å². The van der Waals surface area contributed by atoms with Crippen LogP contribution in [0.2, 0.25) is 5.02 Å². The van der Waals surface area contributed by atoms with Crippen LogP contribution in [-0.2, 0) is 11.3 Å². The molecule has 1 heterocycles. The molecule has 0 fully saturated rings. The van der Waals surface area contributed by atoms with Crippen LogP contribution in [0.5, 0.6) is 0 Å². The van der Waals surface area contributed by atoms with Gasteiger partial charge in [0.2, 0.25) is 0 Å². The van der Waals surface area contributed by atoms with E-state index >= 15 is 0 Å². The molecule has 2 N–H and O–H groups in total. The number of rotatable bonds is 6. The maximum Gasteiger partial charge on any atom is 0.279 e. The van der Waals surface area contributed by atoms with Crippen LogP contribution in [0, 0.1) is 5.82 Å². The average molecular weight is 375 g/mol. The van der Waals surface area contributed by atoms with E-state index in [1.807, 2.05) is 13.1 Å². The zero-order chi connectivity index (χ0) is 18.5. The van der Waals surface area contributed by atoms with Gasteiger partial charge in [-0.1, -0.05) is 23.7 Å². The number of hydrogen-bond donors (Lipinski definition) is 2. The summed E-state index contributed by atoms with van der Waals surface area (Å²) in [4.78, 5) is 17.3. The Morgan fingerprint density at radius 1 is 1.31 bits per heavy atom. The molecule has 1 aromatic heterocycles. The van der Waals surface area contributed by atoms with Gasteiger partial charge in [-0.15, -0.1) is 0 Å². The second-order valence-electron chi connectivity index (χ2n) is 5.99. The fourth-order valence-corrected chi connectivity index (χ4v) is 2.84. The van der Waals surface area contributed by atoms with Crippen molar-refractivity contribution in [1.82, 2.24) is 14.8 Å². The van der Waals surface area contributed by atoms with Crippen molar-refractivity contribution >= 4 is 23.2 Å². The topological polar surface area (TPSA) is 64.2 Å². The highest BCUT2D eigenvalue weighted by Crippen LogP contribution is 2.23. The molecule has 0 aliphatic carbocycles. The van der Waals surface area contributed by atoms with Crippen molar-refractivity contribution in [2.24, 2.45) is 0 Å². The maximum absolute atomic E-state index is 13.3. The zero-order valence-corrected chi connectivity index (χ0v) is 14.9. The molecule has 0 saturated carbocycles. The molecule has 26 heavy (non-hydrogen) atoms. The van der Waals surface area contributed by atoms with E-state index in [1.54, 1.807) is 35.3 Å². The summed E-state index contributed by atoms with van der Waals surface area (Å²) >= 11 is 6.05. The van der Waals surface area contributed by atoms with Gasteiger partial charge in [0, 0.05) is 10.6 Å². The zero-order valence-electron chi connectivity index (χ0n) is 14.1. The molecule has 0 aliphatic rings. The predicted octanol–water partition coefficient (Wildman–Crippen LogP) is 1.71. The molecule has 3 aromatic rings. The number of aromatic nitrogens is 3. The molecule has 0 spiro atoms. The summed E-state index contributed by atoms with van der Waals surface area (Å²) in [6.45, 7) is 0.760. The molecule has 0 saturated heterocycles. The molecule has 0 bridgehead atoms. The largest absolute Gasteiger partial charge is 0.326 e. The number of anilines is 1. The first kappa shape index (κ1) is 18.0. The maximum atomic E-state index is 13.3. The van der Waals surface area contributed by atoms with Crippen LogP contribution >= 0.6 is 11.6 Å². The van der Waals surface area contributed by atoms with Crippen molar-refractivity contribution in [3.63, 3.8) is 0 Å². The molecule has 2 aromatic carbocycles. The number of hydrogen-bond acceptors (Lipinski definition) is 3. The Hall–Kier alpha value is -2.77. The van der Waals surface area contributed by atoms with E-state index in [0.717, 1.165) is 10.5 Å². The smallest absolute Gasteiger partial charge is 0.279 e. The Morgan fingerprint density at radius 3 is 2.88 bits per heavy atom. The van der Waals surface area contributed by atoms with E-state index in [2.05, 4.69) is 15.4 Å². The minimum atomic E-state index is -0.281. The van der Waals surface area contributed by atoms with E-state index in [4.69, 9.17) is 11.6 Å². The van der Waals surface area contributed by atoms with Crippen LogP contribution in [0.3, 0.4) is 0 Å². The molecule has 134 valence electrons. The summed E-state index contributed by atoms with van der Waals surface area (Å²) in [5.41, 5.74) is 2.05. The second-order valence-corrected chi connectivity index (χ2v) is 6.43. The lowest BCUT2D eigenvalue weighted by Gasteiger charge is -2.15. The summed E-state index contributed by atoms with van der Waals surface area (Å²) in [5.74, 6) is -0.460. The van der Waals surface area contributed by atoms with Crippen molar-refractivity contribution in [2.45, 2.75) is 6.54 Å². The molecule has 1 amide bonds. The number of nitrogens with zero attached hydrogens (tertiary/aromatic N) is 3. The summed E-state index contributed by atoms with van der Waals surface area (Å²) in [7, 11) is 1.88. The van der Waals surface area contributed by atoms with Crippen LogP contribution in [0.1, 0.15) is 5.56 Å². The number of benzene rings is 2. The molecule has 1 unspecified atom stereocenters. The van der Waals surface area contributed by atoms with Crippen molar-refractivity contribution in [2.75, 3.05) is 18.9 Å². The van der Waals surface area contributed by atoms with E-state index < -0.39 is 0 Å². The highest BCUT2D eigenvalue weighted by Gasteiger charge is 2.14. The third-order valence-electron chi connectivity index (χ3n) is 3.76. The van der Waals surface area contributed by atoms with Gasteiger partial charge in [0.05, 0.1) is 18.4 Å². The van der Waals surface area contributed by atoms with Crippen molar-refractivity contribution < 1.29 is 14.1 Å². The molecule has 8 heteroatoms. The summed E-state index contributed by atoms with van der Waals surface area (Å²) in [5, 5.41) is 7.44. The normalized spacial score (nSPS) is 12.0. The highest BCUT2D eigenvalue weighted by molar-refractivity contribution is 6.31. The summed E-state index contributed by atoms with van der Waals surface area (Å²) in [6, 6.07) is 11.5. The van der Waals surface area contributed by atoms with E-state index in [9.17, 15) is 9.18 Å². The summed E-state index contributed by atoms with van der Waals surface area (Å²) < 4.78 is 14.8. The molecule has 0 radical (unpaired) electrons. The van der Waals surface area contributed by atoms with E-state index in [0.29, 0.717) is 22.9 Å². The van der Waals surface area contributed by atoms with Gasteiger partial charge in [0.1, 0.15) is 25.0 Å². The van der Waals surface area contributed by atoms with Gasteiger partial charge in [-0.05, 0) is 30.3 Å². The average Bonchev–Trinajstić information content (AvgIpc) is 3.09. The fourth-order valence-electron chi connectivity index (χ4n) is 2.67. The lowest BCUT2D eigenvalue weighted by molar-refractivity contribution is -0.885. The number of carbonyl (C=O) groups excluding carboxylic acids is 1. The van der Waals surface area contributed by atoms with E-state index in [1.165, 1.54) is 18.5 Å². The molecule has 6 nitrogen and oxygen atoms in total. The number of carbonyl (C=O) groups is 1. The number of likely N-dealkylation sites (N-methyl/N-ethyl adjacent to an activating group) is 1. The predicted molar refractivity (Wildman–Crippen MR) is 96.9 cm³/mol. The van der Waals surface area contributed by atoms with Gasteiger partial charge >= 0.3 is 0 Å². The van der Waals surface area contributed by atoms with Gasteiger partial charge < -0.3 is 10.2 Å². The highest BCUT2D eigenvalue weighted by atomic mass is 35.5. The molecular formula is C18H18ClFN5O+. The Balaban J connectivity index is 1.67. The van der Waals surface area contributed by atoms with Gasteiger partial charge in [-0.25, -0.2) is 14.1 Å². The lowest BCUT2D eigenvalue weighted by atomic mass is 10.2. The van der Waals surface area contributed by atoms with Crippen LogP contribution in [0.4, 0.5) is 10.1 Å². The first-order chi connectivity index (χ1) is 12.5. The minimum absolute atomic E-state index is 0.178. The SMILES string of the molecule is C[NH+](CC(=O)Nc1cc(Cl)ccc1-n1cncn1)Cc1cccc(F)c1. The van der Waals surface area contributed by atoms with Gasteiger partial charge in [-0.2, -0.15) is 5.10 Å². The number of quaternary nitrogens is 1. The van der Waals surface area contributed by atoms with E-state index in [-0.39, 0.29) is 18.3 Å². The number of amides is 1. The molecule has 0 aliphatic heterocycles. The first-order valence-electron chi connectivity index (χ1n) is 8.01. The third kappa shape index (κ3) is 4.65. The lowest BCUT2D eigenvalue weighted by Crippen LogP contribution is -3.08. The second kappa shape index (κ2) is 8.07. The van der Waals surface area contributed by atoms with Crippen LogP contribution in [0.15, 0.2) is 55.1 Å². The molecule has 3 rings (SSSR count). The van der Waals surface area contributed by atoms with Crippen LogP contribution < -0.4 is 10.2 Å². The van der Waals surface area contributed by atoms with Gasteiger partial charge in [0.15, 0.2) is 6.54 Å². The van der Waals surface area contributed by atoms with Gasteiger partial charge in [-0.3, -0.25) is 4.79 Å². The van der Waals surface area contributed by atoms with Crippen molar-refractivity contribution in [3.8, 4) is 5.69 Å². The third-order valence-corrected chi connectivity index (χ3v) is 3.99. The Kier molecular flexibility index (Phi) is 5.60. The monoisotopic (exact) mass is 374 g/mol. The quantitative estimate of drug-likeness (QED) is 0.690. The fraction of sp³-hybridized carbons (Fsp3) is 0.167. The Bertz CT molecular complexity index is 900. The molecule has 1 atom stereocenters. The van der Waals surface area contributed by atoms with Crippen molar-refractivity contribution in [3.05, 3.63) is 71.5 Å². The number of halogens is 2. The Morgan fingerprint density at radius 2 is 2.15 bits per heavy atom. The van der Waals surface area contributed by atoms with Gasteiger partial charge in [0.25, 0.3) is 5.91 Å². The standard InChI is InChI=1S/C18H17ClFN5O/c1-24(9-13-3-2-4-15(20)7-13)10-18(26)23-16-8-14(19)5-6-17(16)25-12-21-11-22-25/h2-8,11-12H,9-10H2,1H3,(H,23,26)/p+1.